The van der Waals surface area contributed by atoms with Crippen molar-refractivity contribution in [3.63, 3.8) is 0 Å². The van der Waals surface area contributed by atoms with Crippen molar-refractivity contribution in [1.82, 2.24) is 19.8 Å². The average molecular weight is 630 g/mol. The largest absolute Gasteiger partial charge is 0.450 e. The zero-order valence-electron chi connectivity index (χ0n) is 23.8. The third-order valence-corrected chi connectivity index (χ3v) is 8.19. The molecule has 0 bridgehead atoms. The molecule has 2 aromatic heterocycles. The molecule has 0 aliphatic carbocycles. The summed E-state index contributed by atoms with van der Waals surface area (Å²) < 4.78 is 89.2. The highest BCUT2D eigenvalue weighted by atomic mass is 28.3. The molecule has 0 unspecified atom stereocenters. The minimum absolute atomic E-state index is 0.139. The zero-order chi connectivity index (χ0) is 31.4. The van der Waals surface area contributed by atoms with Crippen LogP contribution in [0.1, 0.15) is 5.56 Å². The number of amides is 3. The minimum Gasteiger partial charge on any atom is -0.450 e. The number of ether oxygens (including phenoxy) is 3. The lowest BCUT2D eigenvalue weighted by atomic mass is 10.2. The maximum Gasteiger partial charge on any atom is 0.418 e. The van der Waals surface area contributed by atoms with E-state index in [1.165, 1.54) is 4.90 Å². The maximum atomic E-state index is 15.0. The molecular weight excluding hydrogens is 597 g/mol. The van der Waals surface area contributed by atoms with Crippen LogP contribution in [0.25, 0.3) is 11.0 Å². The molecule has 2 N–H and O–H groups in total. The van der Waals surface area contributed by atoms with E-state index >= 15 is 0 Å². The van der Waals surface area contributed by atoms with E-state index < -0.39 is 54.4 Å². The summed E-state index contributed by atoms with van der Waals surface area (Å²) in [6, 6.07) is 2.45. The normalized spacial score (nSPS) is 14.2. The van der Waals surface area contributed by atoms with Gasteiger partial charge in [0, 0.05) is 58.0 Å². The third-order valence-electron chi connectivity index (χ3n) is 6.48. The molecule has 16 heteroatoms. The highest BCUT2D eigenvalue weighted by molar-refractivity contribution is 6.76. The SMILES string of the molecule is C[Si](C)(C)CCOCn1cc(C(F)(F)F)c2c(Oc3c(F)cc(NC(=O)NCC(=O)N4CCOCC4)cc3F)ccnc21. The number of alkyl halides is 3. The first kappa shape index (κ1) is 32.2. The van der Waals surface area contributed by atoms with Crippen molar-refractivity contribution in [2.24, 2.45) is 0 Å². The van der Waals surface area contributed by atoms with Crippen LogP contribution in [0.5, 0.6) is 11.5 Å². The van der Waals surface area contributed by atoms with Gasteiger partial charge in [-0.1, -0.05) is 19.6 Å². The molecule has 1 aliphatic heterocycles. The maximum absolute atomic E-state index is 15.0. The van der Waals surface area contributed by atoms with E-state index in [1.54, 1.807) is 0 Å². The average Bonchev–Trinajstić information content (AvgIpc) is 3.32. The Morgan fingerprint density at radius 2 is 1.79 bits per heavy atom. The number of carbonyl (C=O) groups is 2. The number of hydrogen-bond acceptors (Lipinski definition) is 6. The number of morpholine rings is 1. The monoisotopic (exact) mass is 629 g/mol. The Morgan fingerprint density at radius 1 is 1.12 bits per heavy atom. The number of carbonyl (C=O) groups excluding carboxylic acids is 2. The Hall–Kier alpha value is -3.76. The molecule has 0 spiro atoms. The first-order chi connectivity index (χ1) is 20.2. The van der Waals surface area contributed by atoms with Gasteiger partial charge < -0.3 is 34.3 Å². The fourth-order valence-corrected chi connectivity index (χ4v) is 4.98. The second-order valence-electron chi connectivity index (χ2n) is 11.0. The van der Waals surface area contributed by atoms with Gasteiger partial charge in [0.05, 0.1) is 30.7 Å². The van der Waals surface area contributed by atoms with Crippen LogP contribution in [0.4, 0.5) is 32.4 Å². The third kappa shape index (κ3) is 8.42. The first-order valence-electron chi connectivity index (χ1n) is 13.4. The number of halogens is 5. The van der Waals surface area contributed by atoms with E-state index in [4.69, 9.17) is 14.2 Å². The fraction of sp³-hybridized carbons (Fsp3) is 0.444. The number of nitrogens with one attached hydrogen (secondary N) is 2. The van der Waals surface area contributed by atoms with E-state index in [9.17, 15) is 31.5 Å². The smallest absolute Gasteiger partial charge is 0.418 e. The summed E-state index contributed by atoms with van der Waals surface area (Å²) in [6.07, 6.45) is -2.85. The summed E-state index contributed by atoms with van der Waals surface area (Å²) in [6.45, 7) is 7.74. The first-order valence-corrected chi connectivity index (χ1v) is 17.1. The second kappa shape index (κ2) is 13.3. The Balaban J connectivity index is 1.50. The van der Waals surface area contributed by atoms with Crippen LogP contribution in [-0.2, 0) is 27.2 Å². The van der Waals surface area contributed by atoms with Crippen LogP contribution in [-0.4, -0.2) is 73.9 Å². The molecule has 1 aromatic carbocycles. The van der Waals surface area contributed by atoms with Gasteiger partial charge in [-0.05, 0) is 12.1 Å². The van der Waals surface area contributed by atoms with Crippen LogP contribution in [0, 0.1) is 11.6 Å². The molecule has 234 valence electrons. The van der Waals surface area contributed by atoms with E-state index in [0.29, 0.717) is 32.9 Å². The second-order valence-corrected chi connectivity index (χ2v) is 16.7. The van der Waals surface area contributed by atoms with Crippen molar-refractivity contribution in [3.05, 3.63) is 47.8 Å². The summed E-state index contributed by atoms with van der Waals surface area (Å²) in [7, 11) is -1.43. The molecule has 0 radical (unpaired) electrons. The lowest BCUT2D eigenvalue weighted by Crippen LogP contribution is -2.46. The molecule has 4 rings (SSSR count). The van der Waals surface area contributed by atoms with Crippen molar-refractivity contribution >= 4 is 36.7 Å². The van der Waals surface area contributed by atoms with Gasteiger partial charge in [0.2, 0.25) is 5.91 Å². The molecular formula is C27H32F5N5O5Si. The summed E-state index contributed by atoms with van der Waals surface area (Å²) in [5.74, 6) is -4.38. The summed E-state index contributed by atoms with van der Waals surface area (Å²) in [5, 5.41) is 4.03. The molecule has 10 nitrogen and oxygen atoms in total. The lowest BCUT2D eigenvalue weighted by molar-refractivity contribution is -0.136. The summed E-state index contributed by atoms with van der Waals surface area (Å²) in [4.78, 5) is 29.9. The highest BCUT2D eigenvalue weighted by Crippen LogP contribution is 2.42. The Labute approximate surface area is 245 Å². The van der Waals surface area contributed by atoms with Crippen LogP contribution in [0.2, 0.25) is 25.7 Å². The van der Waals surface area contributed by atoms with Gasteiger partial charge >= 0.3 is 12.2 Å². The molecule has 1 saturated heterocycles. The predicted molar refractivity (Wildman–Crippen MR) is 150 cm³/mol. The quantitative estimate of drug-likeness (QED) is 0.176. The van der Waals surface area contributed by atoms with Crippen molar-refractivity contribution in [3.8, 4) is 11.5 Å². The number of hydrogen-bond donors (Lipinski definition) is 2. The molecule has 43 heavy (non-hydrogen) atoms. The Bertz CT molecular complexity index is 1450. The van der Waals surface area contributed by atoms with Gasteiger partial charge in [0.15, 0.2) is 17.4 Å². The Kier molecular flexibility index (Phi) is 9.92. The lowest BCUT2D eigenvalue weighted by Gasteiger charge is -2.26. The van der Waals surface area contributed by atoms with Gasteiger partial charge in [-0.2, -0.15) is 13.2 Å². The van der Waals surface area contributed by atoms with E-state index in [2.05, 4.69) is 35.3 Å². The highest BCUT2D eigenvalue weighted by Gasteiger charge is 2.37. The van der Waals surface area contributed by atoms with Crippen molar-refractivity contribution in [2.75, 3.05) is 44.8 Å². The van der Waals surface area contributed by atoms with Crippen LogP contribution < -0.4 is 15.4 Å². The van der Waals surface area contributed by atoms with E-state index in [-0.39, 0.29) is 30.5 Å². The van der Waals surface area contributed by atoms with Gasteiger partial charge in [0.1, 0.15) is 18.1 Å². The standard InChI is InChI=1S/C27H32F5N5O5Si/c1-43(2,3)11-10-41-16-37-15-18(27(30,31)32)23-21(4-5-33-25(23)37)42-24-19(28)12-17(13-20(24)29)35-26(39)34-14-22(38)36-6-8-40-9-7-36/h4-5,12-13,15H,6-11,14,16H2,1-3H3,(H2,34,35,39). The molecule has 3 aromatic rings. The number of nitrogens with zero attached hydrogens (tertiary/aromatic N) is 3. The molecule has 3 heterocycles. The van der Waals surface area contributed by atoms with Crippen LogP contribution in [0.15, 0.2) is 30.6 Å². The van der Waals surface area contributed by atoms with Gasteiger partial charge in [-0.15, -0.1) is 0 Å². The van der Waals surface area contributed by atoms with Crippen molar-refractivity contribution in [1.29, 1.82) is 0 Å². The number of aromatic nitrogens is 2. The molecule has 3 amide bonds. The van der Waals surface area contributed by atoms with Gasteiger partial charge in [-0.3, -0.25) is 4.79 Å². The summed E-state index contributed by atoms with van der Waals surface area (Å²) >= 11 is 0. The Morgan fingerprint density at radius 3 is 2.42 bits per heavy atom. The number of urea groups is 1. The number of anilines is 1. The van der Waals surface area contributed by atoms with E-state index in [1.807, 2.05) is 0 Å². The van der Waals surface area contributed by atoms with Crippen LogP contribution in [0.3, 0.4) is 0 Å². The zero-order valence-corrected chi connectivity index (χ0v) is 24.8. The molecule has 0 atom stereocenters. The van der Waals surface area contributed by atoms with E-state index in [0.717, 1.165) is 41.2 Å². The molecule has 1 aliphatic rings. The summed E-state index contributed by atoms with van der Waals surface area (Å²) in [5.41, 5.74) is -1.56. The van der Waals surface area contributed by atoms with Crippen molar-refractivity contribution < 1.29 is 45.8 Å². The van der Waals surface area contributed by atoms with Gasteiger partial charge in [0.25, 0.3) is 0 Å². The molecule has 1 fully saturated rings. The predicted octanol–water partition coefficient (Wildman–Crippen LogP) is 5.42. The fourth-order valence-electron chi connectivity index (χ4n) is 4.22. The number of fused-ring (bicyclic) bond motifs is 1. The number of benzene rings is 1. The minimum atomic E-state index is -4.83. The van der Waals surface area contributed by atoms with Crippen molar-refractivity contribution in [2.45, 2.75) is 38.6 Å². The number of pyridine rings is 1. The van der Waals surface area contributed by atoms with Gasteiger partial charge in [-0.25, -0.2) is 18.6 Å². The topological polar surface area (TPSA) is 107 Å². The molecule has 0 saturated carbocycles. The van der Waals surface area contributed by atoms with Crippen LogP contribution >= 0.6 is 0 Å². The number of rotatable bonds is 10.